The molecule has 22 heavy (non-hydrogen) atoms. The molecule has 0 saturated carbocycles. The molecule has 0 aromatic heterocycles. The SMILES string of the molecule is CCCN(Cc1ccccc1)C(=O)NCc1cccc(C)c1. The van der Waals surface area contributed by atoms with Crippen LogP contribution in [0.1, 0.15) is 30.0 Å². The highest BCUT2D eigenvalue weighted by Crippen LogP contribution is 2.07. The highest BCUT2D eigenvalue weighted by atomic mass is 16.2. The smallest absolute Gasteiger partial charge is 0.317 e. The quantitative estimate of drug-likeness (QED) is 0.854. The molecule has 0 unspecified atom stereocenters. The summed E-state index contributed by atoms with van der Waals surface area (Å²) in [6.07, 6.45) is 0.949. The van der Waals surface area contributed by atoms with E-state index in [1.165, 1.54) is 5.56 Å². The third-order valence-electron chi connectivity index (χ3n) is 3.52. The lowest BCUT2D eigenvalue weighted by atomic mass is 10.1. The summed E-state index contributed by atoms with van der Waals surface area (Å²) in [5, 5.41) is 3.02. The zero-order chi connectivity index (χ0) is 15.8. The molecule has 0 atom stereocenters. The van der Waals surface area contributed by atoms with Gasteiger partial charge in [-0.05, 0) is 24.5 Å². The molecule has 0 spiro atoms. The fraction of sp³-hybridized carbons (Fsp3) is 0.316. The topological polar surface area (TPSA) is 32.3 Å². The summed E-state index contributed by atoms with van der Waals surface area (Å²) >= 11 is 0. The fourth-order valence-electron chi connectivity index (χ4n) is 2.44. The fourth-order valence-corrected chi connectivity index (χ4v) is 2.44. The van der Waals surface area contributed by atoms with Crippen LogP contribution in [0.25, 0.3) is 0 Å². The highest BCUT2D eigenvalue weighted by molar-refractivity contribution is 5.74. The van der Waals surface area contributed by atoms with Crippen LogP contribution in [0, 0.1) is 6.92 Å². The number of rotatable bonds is 6. The highest BCUT2D eigenvalue weighted by Gasteiger charge is 2.12. The Kier molecular flexibility index (Phi) is 6.01. The zero-order valence-corrected chi connectivity index (χ0v) is 13.4. The normalized spacial score (nSPS) is 10.3. The summed E-state index contributed by atoms with van der Waals surface area (Å²) in [5.74, 6) is 0. The molecule has 2 aromatic rings. The maximum atomic E-state index is 12.4. The number of benzene rings is 2. The molecular formula is C19H24N2O. The number of urea groups is 1. The minimum atomic E-state index is -0.00721. The van der Waals surface area contributed by atoms with Gasteiger partial charge in [-0.3, -0.25) is 0 Å². The van der Waals surface area contributed by atoms with Crippen LogP contribution in [0.3, 0.4) is 0 Å². The van der Waals surface area contributed by atoms with Crippen molar-refractivity contribution in [3.05, 3.63) is 71.3 Å². The van der Waals surface area contributed by atoms with Gasteiger partial charge in [-0.25, -0.2) is 4.79 Å². The van der Waals surface area contributed by atoms with Crippen LogP contribution in [0.2, 0.25) is 0 Å². The van der Waals surface area contributed by atoms with Crippen LogP contribution in [-0.4, -0.2) is 17.5 Å². The molecule has 0 fully saturated rings. The Hall–Kier alpha value is -2.29. The second-order valence-electron chi connectivity index (χ2n) is 5.55. The summed E-state index contributed by atoms with van der Waals surface area (Å²) in [6.45, 7) is 6.12. The molecule has 1 N–H and O–H groups in total. The summed E-state index contributed by atoms with van der Waals surface area (Å²) < 4.78 is 0. The molecule has 0 bridgehead atoms. The second kappa shape index (κ2) is 8.23. The summed E-state index contributed by atoms with van der Waals surface area (Å²) in [7, 11) is 0. The van der Waals surface area contributed by atoms with Crippen molar-refractivity contribution in [2.75, 3.05) is 6.54 Å². The van der Waals surface area contributed by atoms with Gasteiger partial charge in [-0.2, -0.15) is 0 Å². The molecule has 116 valence electrons. The Morgan fingerprint density at radius 2 is 1.77 bits per heavy atom. The molecule has 2 aromatic carbocycles. The molecule has 3 heteroatoms. The van der Waals surface area contributed by atoms with Gasteiger partial charge in [0.1, 0.15) is 0 Å². The first-order valence-electron chi connectivity index (χ1n) is 7.81. The van der Waals surface area contributed by atoms with Gasteiger partial charge >= 0.3 is 6.03 Å². The van der Waals surface area contributed by atoms with Crippen molar-refractivity contribution in [3.8, 4) is 0 Å². The maximum Gasteiger partial charge on any atom is 0.317 e. The van der Waals surface area contributed by atoms with Crippen molar-refractivity contribution in [1.29, 1.82) is 0 Å². The van der Waals surface area contributed by atoms with Gasteiger partial charge in [0, 0.05) is 19.6 Å². The van der Waals surface area contributed by atoms with E-state index < -0.39 is 0 Å². The molecule has 0 aliphatic carbocycles. The number of amides is 2. The van der Waals surface area contributed by atoms with Gasteiger partial charge in [0.25, 0.3) is 0 Å². The van der Waals surface area contributed by atoms with E-state index in [1.807, 2.05) is 35.2 Å². The van der Waals surface area contributed by atoms with E-state index in [4.69, 9.17) is 0 Å². The van der Waals surface area contributed by atoms with Crippen molar-refractivity contribution in [3.63, 3.8) is 0 Å². The molecule has 0 radical (unpaired) electrons. The Morgan fingerprint density at radius 1 is 1.05 bits per heavy atom. The maximum absolute atomic E-state index is 12.4. The average Bonchev–Trinajstić information content (AvgIpc) is 2.53. The average molecular weight is 296 g/mol. The predicted octanol–water partition coefficient (Wildman–Crippen LogP) is 4.12. The van der Waals surface area contributed by atoms with Gasteiger partial charge < -0.3 is 10.2 Å². The van der Waals surface area contributed by atoms with Crippen molar-refractivity contribution in [2.24, 2.45) is 0 Å². The lowest BCUT2D eigenvalue weighted by Gasteiger charge is -2.22. The van der Waals surface area contributed by atoms with Crippen LogP contribution in [0.5, 0.6) is 0 Å². The van der Waals surface area contributed by atoms with E-state index in [0.717, 1.165) is 24.1 Å². The summed E-state index contributed by atoms with van der Waals surface area (Å²) in [5.41, 5.74) is 3.49. The van der Waals surface area contributed by atoms with Gasteiger partial charge in [-0.15, -0.1) is 0 Å². The number of carbonyl (C=O) groups is 1. The van der Waals surface area contributed by atoms with Crippen LogP contribution in [0.15, 0.2) is 54.6 Å². The van der Waals surface area contributed by atoms with Crippen molar-refractivity contribution < 1.29 is 4.79 Å². The van der Waals surface area contributed by atoms with Gasteiger partial charge in [0.05, 0.1) is 0 Å². The van der Waals surface area contributed by atoms with Crippen LogP contribution in [-0.2, 0) is 13.1 Å². The number of nitrogens with zero attached hydrogens (tertiary/aromatic N) is 1. The van der Waals surface area contributed by atoms with Crippen LogP contribution < -0.4 is 5.32 Å². The standard InChI is InChI=1S/C19H24N2O/c1-3-12-21(15-17-9-5-4-6-10-17)19(22)20-14-18-11-7-8-16(2)13-18/h4-11,13H,3,12,14-15H2,1-2H3,(H,20,22). The van der Waals surface area contributed by atoms with E-state index in [0.29, 0.717) is 13.1 Å². The molecule has 0 saturated heterocycles. The minimum absolute atomic E-state index is 0.00721. The lowest BCUT2D eigenvalue weighted by molar-refractivity contribution is 0.194. The molecule has 2 rings (SSSR count). The first kappa shape index (κ1) is 16.1. The third-order valence-corrected chi connectivity index (χ3v) is 3.52. The van der Waals surface area contributed by atoms with E-state index in [2.05, 4.69) is 43.4 Å². The van der Waals surface area contributed by atoms with Crippen molar-refractivity contribution >= 4 is 6.03 Å². The molecule has 0 heterocycles. The molecular weight excluding hydrogens is 272 g/mol. The molecule has 3 nitrogen and oxygen atoms in total. The summed E-state index contributed by atoms with van der Waals surface area (Å²) in [6, 6.07) is 18.3. The molecule has 2 amide bonds. The van der Waals surface area contributed by atoms with E-state index >= 15 is 0 Å². The van der Waals surface area contributed by atoms with Crippen LogP contribution in [0.4, 0.5) is 4.79 Å². The third kappa shape index (κ3) is 4.92. The van der Waals surface area contributed by atoms with Crippen LogP contribution >= 0.6 is 0 Å². The number of carbonyl (C=O) groups excluding carboxylic acids is 1. The van der Waals surface area contributed by atoms with Gasteiger partial charge in [0.2, 0.25) is 0 Å². The Morgan fingerprint density at radius 3 is 2.45 bits per heavy atom. The molecule has 0 aliphatic heterocycles. The zero-order valence-electron chi connectivity index (χ0n) is 13.4. The number of hydrogen-bond donors (Lipinski definition) is 1. The Balaban J connectivity index is 1.94. The largest absolute Gasteiger partial charge is 0.334 e. The first-order chi connectivity index (χ1) is 10.7. The monoisotopic (exact) mass is 296 g/mol. The first-order valence-corrected chi connectivity index (χ1v) is 7.81. The summed E-state index contributed by atoms with van der Waals surface area (Å²) in [4.78, 5) is 14.3. The van der Waals surface area contributed by atoms with Gasteiger partial charge in [0.15, 0.2) is 0 Å². The van der Waals surface area contributed by atoms with Crippen molar-refractivity contribution in [1.82, 2.24) is 10.2 Å². The number of nitrogens with one attached hydrogen (secondary N) is 1. The Bertz CT molecular complexity index is 595. The van der Waals surface area contributed by atoms with E-state index in [-0.39, 0.29) is 6.03 Å². The lowest BCUT2D eigenvalue weighted by Crippen LogP contribution is -2.39. The molecule has 0 aliphatic rings. The predicted molar refractivity (Wildman–Crippen MR) is 90.6 cm³/mol. The van der Waals surface area contributed by atoms with Gasteiger partial charge in [-0.1, -0.05) is 67.1 Å². The van der Waals surface area contributed by atoms with E-state index in [9.17, 15) is 4.79 Å². The Labute approximate surface area is 133 Å². The van der Waals surface area contributed by atoms with E-state index in [1.54, 1.807) is 0 Å². The van der Waals surface area contributed by atoms with Crippen molar-refractivity contribution in [2.45, 2.75) is 33.4 Å². The number of hydrogen-bond acceptors (Lipinski definition) is 1. The number of aryl methyl sites for hydroxylation is 1. The minimum Gasteiger partial charge on any atom is -0.334 e. The second-order valence-corrected chi connectivity index (χ2v) is 5.55.